The van der Waals surface area contributed by atoms with Gasteiger partial charge in [-0.05, 0) is 37.5 Å². The van der Waals surface area contributed by atoms with Crippen molar-refractivity contribution in [1.82, 2.24) is 20.9 Å². The number of aldehydes is 1. The monoisotopic (exact) mass is 496 g/mol. The molecule has 198 valence electrons. The summed E-state index contributed by atoms with van der Waals surface area (Å²) in [6.45, 7) is 8.98. The van der Waals surface area contributed by atoms with Gasteiger partial charge in [0, 0.05) is 19.9 Å². The zero-order valence-electron chi connectivity index (χ0n) is 21.6. The average molecular weight is 497 g/mol. The van der Waals surface area contributed by atoms with Crippen LogP contribution in [-0.2, 0) is 33.5 Å². The summed E-state index contributed by atoms with van der Waals surface area (Å²) in [4.78, 5) is 75.2. The number of nitrogens with zero attached hydrogens (tertiary/aromatic N) is 1. The normalized spacial score (nSPS) is 17.9. The second kappa shape index (κ2) is 14.4. The van der Waals surface area contributed by atoms with Gasteiger partial charge in [0.15, 0.2) is 0 Å². The van der Waals surface area contributed by atoms with Gasteiger partial charge in [0.25, 0.3) is 0 Å². The van der Waals surface area contributed by atoms with Gasteiger partial charge in [0.1, 0.15) is 30.5 Å². The number of hydrogen-bond donors (Lipinski definition) is 3. The molecule has 0 aromatic carbocycles. The maximum absolute atomic E-state index is 13.4. The Bertz CT molecular complexity index is 784. The van der Waals surface area contributed by atoms with E-state index in [0.29, 0.717) is 32.1 Å². The summed E-state index contributed by atoms with van der Waals surface area (Å²) >= 11 is 0. The molecule has 0 bridgehead atoms. The van der Waals surface area contributed by atoms with Gasteiger partial charge in [-0.15, -0.1) is 0 Å². The summed E-state index contributed by atoms with van der Waals surface area (Å²) in [5, 5.41) is 7.92. The number of esters is 1. The fourth-order valence-corrected chi connectivity index (χ4v) is 4.09. The highest BCUT2D eigenvalue weighted by Gasteiger charge is 2.40. The Morgan fingerprint density at radius 3 is 2.20 bits per heavy atom. The van der Waals surface area contributed by atoms with Gasteiger partial charge in [-0.25, -0.2) is 4.79 Å². The van der Waals surface area contributed by atoms with Crippen LogP contribution in [0.4, 0.5) is 0 Å². The van der Waals surface area contributed by atoms with Crippen LogP contribution in [0.3, 0.4) is 0 Å². The van der Waals surface area contributed by atoms with Crippen LogP contribution >= 0.6 is 0 Å². The lowest BCUT2D eigenvalue weighted by Crippen LogP contribution is -2.58. The first-order valence-corrected chi connectivity index (χ1v) is 12.1. The molecule has 0 spiro atoms. The van der Waals surface area contributed by atoms with E-state index in [1.165, 1.54) is 18.9 Å². The number of rotatable bonds is 13. The molecule has 1 heterocycles. The number of carbonyl (C=O) groups excluding carboxylic acids is 6. The number of nitrogens with one attached hydrogen (secondary N) is 3. The third-order valence-corrected chi connectivity index (χ3v) is 5.85. The van der Waals surface area contributed by atoms with Crippen LogP contribution in [0.2, 0.25) is 0 Å². The van der Waals surface area contributed by atoms with E-state index in [1.54, 1.807) is 13.8 Å². The summed E-state index contributed by atoms with van der Waals surface area (Å²) in [5.41, 5.74) is 0. The number of amides is 4. The molecule has 0 aromatic heterocycles. The average Bonchev–Trinajstić information content (AvgIpc) is 3.28. The highest BCUT2D eigenvalue weighted by atomic mass is 16.5. The molecule has 11 heteroatoms. The molecule has 1 saturated heterocycles. The predicted molar refractivity (Wildman–Crippen MR) is 128 cm³/mol. The van der Waals surface area contributed by atoms with Crippen molar-refractivity contribution in [3.05, 3.63) is 0 Å². The van der Waals surface area contributed by atoms with Crippen molar-refractivity contribution in [2.45, 2.75) is 90.9 Å². The molecule has 3 N–H and O–H groups in total. The zero-order chi connectivity index (χ0) is 26.7. The lowest BCUT2D eigenvalue weighted by Gasteiger charge is -2.32. The Balaban J connectivity index is 3.01. The number of carbonyl (C=O) groups is 6. The van der Waals surface area contributed by atoms with Crippen LogP contribution in [0, 0.1) is 11.8 Å². The van der Waals surface area contributed by atoms with E-state index in [-0.39, 0.29) is 24.7 Å². The maximum atomic E-state index is 13.4. The number of ether oxygens (including phenoxy) is 1. The molecular weight excluding hydrogens is 456 g/mol. The molecule has 1 fully saturated rings. The second-order valence-corrected chi connectivity index (χ2v) is 9.63. The van der Waals surface area contributed by atoms with Crippen molar-refractivity contribution in [2.75, 3.05) is 13.7 Å². The van der Waals surface area contributed by atoms with E-state index in [0.717, 1.165) is 0 Å². The molecule has 0 radical (unpaired) electrons. The Labute approximate surface area is 207 Å². The maximum Gasteiger partial charge on any atom is 0.328 e. The second-order valence-electron chi connectivity index (χ2n) is 9.63. The van der Waals surface area contributed by atoms with Crippen molar-refractivity contribution in [2.24, 2.45) is 11.8 Å². The SMILES string of the molecule is COC(=O)C(CC(C)C)NC(=O)[C@@H]1CCCN1C(=O)C(NC(=O)C(CCC=O)NC(C)=O)C(C)C. The first-order chi connectivity index (χ1) is 16.4. The van der Waals surface area contributed by atoms with Gasteiger partial charge in [-0.3, -0.25) is 19.2 Å². The van der Waals surface area contributed by atoms with Crippen LogP contribution in [0.5, 0.6) is 0 Å². The number of hydrogen-bond acceptors (Lipinski definition) is 7. The molecule has 1 aliphatic rings. The number of likely N-dealkylation sites (tertiary alicyclic amines) is 1. The van der Waals surface area contributed by atoms with Gasteiger partial charge < -0.3 is 30.4 Å². The van der Waals surface area contributed by atoms with Crippen LogP contribution in [0.25, 0.3) is 0 Å². The molecule has 0 aromatic rings. The molecule has 11 nitrogen and oxygen atoms in total. The molecule has 4 atom stereocenters. The molecule has 0 saturated carbocycles. The van der Waals surface area contributed by atoms with Crippen LogP contribution in [0.15, 0.2) is 0 Å². The summed E-state index contributed by atoms with van der Waals surface area (Å²) in [6.07, 6.45) is 2.26. The van der Waals surface area contributed by atoms with Crippen LogP contribution in [-0.4, -0.2) is 78.6 Å². The van der Waals surface area contributed by atoms with Crippen molar-refractivity contribution < 1.29 is 33.5 Å². The van der Waals surface area contributed by atoms with E-state index in [1.807, 2.05) is 13.8 Å². The van der Waals surface area contributed by atoms with Gasteiger partial charge in [0.05, 0.1) is 7.11 Å². The first-order valence-electron chi connectivity index (χ1n) is 12.1. The van der Waals surface area contributed by atoms with Gasteiger partial charge >= 0.3 is 5.97 Å². The minimum Gasteiger partial charge on any atom is -0.467 e. The lowest BCUT2D eigenvalue weighted by atomic mass is 10.0. The standard InChI is InChI=1S/C24H40N4O7/c1-14(2)13-18(24(34)35-6)26-22(32)19-10-7-11-28(19)23(33)20(15(3)4)27-21(31)17(9-8-12-29)25-16(5)30/h12,14-15,17-20H,7-11,13H2,1-6H3,(H,25,30)(H,26,32)(H,27,31)/t17?,18?,19-,20?/m0/s1. The van der Waals surface area contributed by atoms with Gasteiger partial charge in [0.2, 0.25) is 23.6 Å². The van der Waals surface area contributed by atoms with E-state index >= 15 is 0 Å². The highest BCUT2D eigenvalue weighted by molar-refractivity contribution is 5.95. The predicted octanol–water partition coefficient (Wildman–Crippen LogP) is 0.306. The van der Waals surface area contributed by atoms with Gasteiger partial charge in [-0.1, -0.05) is 27.7 Å². The summed E-state index contributed by atoms with van der Waals surface area (Å²) in [6, 6.07) is -3.49. The smallest absolute Gasteiger partial charge is 0.328 e. The minimum absolute atomic E-state index is 0.0742. The fraction of sp³-hybridized carbons (Fsp3) is 0.750. The molecule has 1 aliphatic heterocycles. The fourth-order valence-electron chi connectivity index (χ4n) is 4.09. The zero-order valence-corrected chi connectivity index (χ0v) is 21.6. The molecule has 1 rings (SSSR count). The molecular formula is C24H40N4O7. The number of methoxy groups -OCH3 is 1. The minimum atomic E-state index is -0.957. The largest absolute Gasteiger partial charge is 0.467 e. The van der Waals surface area contributed by atoms with Crippen molar-refractivity contribution in [3.8, 4) is 0 Å². The molecule has 4 amide bonds. The first kappa shape index (κ1) is 30.1. The van der Waals surface area contributed by atoms with Crippen molar-refractivity contribution >= 4 is 35.9 Å². The summed E-state index contributed by atoms with van der Waals surface area (Å²) in [7, 11) is 1.26. The highest BCUT2D eigenvalue weighted by Crippen LogP contribution is 2.21. The molecule has 3 unspecified atom stereocenters. The van der Waals surface area contributed by atoms with E-state index in [2.05, 4.69) is 16.0 Å². The van der Waals surface area contributed by atoms with E-state index in [4.69, 9.17) is 4.74 Å². The topological polar surface area (TPSA) is 151 Å². The Hall–Kier alpha value is -2.98. The van der Waals surface area contributed by atoms with E-state index in [9.17, 15) is 28.8 Å². The van der Waals surface area contributed by atoms with E-state index < -0.39 is 53.8 Å². The lowest BCUT2D eigenvalue weighted by molar-refractivity contribution is -0.147. The quantitative estimate of drug-likeness (QED) is 0.245. The Morgan fingerprint density at radius 2 is 1.69 bits per heavy atom. The van der Waals surface area contributed by atoms with Crippen molar-refractivity contribution in [1.29, 1.82) is 0 Å². The molecule has 35 heavy (non-hydrogen) atoms. The summed E-state index contributed by atoms with van der Waals surface area (Å²) in [5.74, 6) is -2.57. The van der Waals surface area contributed by atoms with Crippen molar-refractivity contribution in [3.63, 3.8) is 0 Å². The summed E-state index contributed by atoms with van der Waals surface area (Å²) < 4.78 is 4.81. The molecule has 0 aliphatic carbocycles. The van der Waals surface area contributed by atoms with Crippen LogP contribution < -0.4 is 16.0 Å². The Kier molecular flexibility index (Phi) is 12.4. The third-order valence-electron chi connectivity index (χ3n) is 5.85. The Morgan fingerprint density at radius 1 is 1.03 bits per heavy atom. The third kappa shape index (κ3) is 9.29. The van der Waals surface area contributed by atoms with Gasteiger partial charge in [-0.2, -0.15) is 0 Å². The van der Waals surface area contributed by atoms with Crippen LogP contribution in [0.1, 0.15) is 66.7 Å².